The number of ether oxygens (including phenoxy) is 1. The summed E-state index contributed by atoms with van der Waals surface area (Å²) in [7, 11) is 0. The second-order valence-electron chi connectivity index (χ2n) is 4.70. The van der Waals surface area contributed by atoms with Crippen LogP contribution in [0.4, 0.5) is 13.2 Å². The summed E-state index contributed by atoms with van der Waals surface area (Å²) in [5.41, 5.74) is 2.47. The predicted octanol–water partition coefficient (Wildman–Crippen LogP) is 1.51. The van der Waals surface area contributed by atoms with Crippen molar-refractivity contribution >= 4 is 5.96 Å². The number of likely N-dealkylation sites (tertiary alicyclic amines) is 1. The van der Waals surface area contributed by atoms with Gasteiger partial charge in [0.1, 0.15) is 0 Å². The predicted molar refractivity (Wildman–Crippen MR) is 71.1 cm³/mol. The summed E-state index contributed by atoms with van der Waals surface area (Å²) in [6, 6.07) is 0. The van der Waals surface area contributed by atoms with Gasteiger partial charge in [-0.15, -0.1) is 0 Å². The van der Waals surface area contributed by atoms with Crippen LogP contribution in [0, 0.1) is 5.92 Å². The highest BCUT2D eigenvalue weighted by molar-refractivity contribution is 5.79. The molecule has 0 saturated carbocycles. The Bertz CT molecular complexity index is 302. The number of hydrogen-bond donors (Lipinski definition) is 2. The van der Waals surface area contributed by atoms with Crippen molar-refractivity contribution in [2.45, 2.75) is 32.4 Å². The standard InChI is InChI=1S/C12H23F3N4O/c1-2-20-9-3-6-17-11(18-16)19-7-4-10(5-8-19)12(13,14)15/h10H,2-9,16H2,1H3,(H,17,18). The van der Waals surface area contributed by atoms with Gasteiger partial charge in [-0.3, -0.25) is 10.4 Å². The molecular formula is C12H23F3N4O. The van der Waals surface area contributed by atoms with Crippen LogP contribution in [0.15, 0.2) is 4.99 Å². The van der Waals surface area contributed by atoms with Crippen LogP contribution >= 0.6 is 0 Å². The molecule has 0 atom stereocenters. The van der Waals surface area contributed by atoms with Gasteiger partial charge < -0.3 is 9.64 Å². The van der Waals surface area contributed by atoms with E-state index in [9.17, 15) is 13.2 Å². The Morgan fingerprint density at radius 1 is 1.40 bits per heavy atom. The van der Waals surface area contributed by atoms with Gasteiger partial charge >= 0.3 is 6.18 Å². The van der Waals surface area contributed by atoms with Gasteiger partial charge in [-0.25, -0.2) is 5.84 Å². The fourth-order valence-electron chi connectivity index (χ4n) is 2.15. The number of piperidine rings is 1. The van der Waals surface area contributed by atoms with Gasteiger partial charge in [-0.2, -0.15) is 13.2 Å². The number of nitrogens with two attached hydrogens (primary N) is 1. The Balaban J connectivity index is 2.38. The van der Waals surface area contributed by atoms with Crippen LogP contribution in [-0.4, -0.2) is 49.9 Å². The lowest BCUT2D eigenvalue weighted by Gasteiger charge is -2.34. The zero-order valence-corrected chi connectivity index (χ0v) is 11.7. The molecule has 1 saturated heterocycles. The monoisotopic (exact) mass is 296 g/mol. The highest BCUT2D eigenvalue weighted by Crippen LogP contribution is 2.33. The van der Waals surface area contributed by atoms with Crippen molar-refractivity contribution in [3.05, 3.63) is 0 Å². The molecule has 1 fully saturated rings. The van der Waals surface area contributed by atoms with E-state index in [1.165, 1.54) is 0 Å². The Morgan fingerprint density at radius 2 is 2.05 bits per heavy atom. The van der Waals surface area contributed by atoms with Crippen molar-refractivity contribution in [1.29, 1.82) is 0 Å². The minimum atomic E-state index is -4.10. The van der Waals surface area contributed by atoms with Gasteiger partial charge in [0.15, 0.2) is 0 Å². The minimum Gasteiger partial charge on any atom is -0.382 e. The van der Waals surface area contributed by atoms with Crippen molar-refractivity contribution < 1.29 is 17.9 Å². The molecule has 3 N–H and O–H groups in total. The molecule has 0 amide bonds. The molecule has 0 aromatic carbocycles. The van der Waals surface area contributed by atoms with E-state index in [4.69, 9.17) is 10.6 Å². The zero-order chi connectivity index (χ0) is 15.0. The van der Waals surface area contributed by atoms with Crippen molar-refractivity contribution in [3.63, 3.8) is 0 Å². The molecule has 1 aliphatic rings. The fourth-order valence-corrected chi connectivity index (χ4v) is 2.15. The molecule has 1 rings (SSSR count). The van der Waals surface area contributed by atoms with Crippen LogP contribution in [-0.2, 0) is 4.74 Å². The number of guanidine groups is 1. The van der Waals surface area contributed by atoms with E-state index in [-0.39, 0.29) is 12.8 Å². The maximum Gasteiger partial charge on any atom is 0.391 e. The summed E-state index contributed by atoms with van der Waals surface area (Å²) in [4.78, 5) is 6.04. The molecule has 0 radical (unpaired) electrons. The Morgan fingerprint density at radius 3 is 2.55 bits per heavy atom. The van der Waals surface area contributed by atoms with E-state index in [0.29, 0.717) is 38.8 Å². The van der Waals surface area contributed by atoms with Crippen molar-refractivity contribution in [2.75, 3.05) is 32.8 Å². The van der Waals surface area contributed by atoms with Gasteiger partial charge in [0, 0.05) is 32.8 Å². The number of hydrazine groups is 1. The first-order chi connectivity index (χ1) is 9.49. The van der Waals surface area contributed by atoms with Crippen molar-refractivity contribution in [2.24, 2.45) is 16.8 Å². The smallest absolute Gasteiger partial charge is 0.382 e. The van der Waals surface area contributed by atoms with Crippen LogP contribution in [0.1, 0.15) is 26.2 Å². The first-order valence-corrected chi connectivity index (χ1v) is 6.89. The van der Waals surface area contributed by atoms with Gasteiger partial charge in [0.2, 0.25) is 5.96 Å². The Kier molecular flexibility index (Phi) is 7.08. The largest absolute Gasteiger partial charge is 0.391 e. The van der Waals surface area contributed by atoms with Crippen LogP contribution in [0.2, 0.25) is 0 Å². The lowest BCUT2D eigenvalue weighted by atomic mass is 9.96. The summed E-state index contributed by atoms with van der Waals surface area (Å²) in [6.45, 7) is 4.38. The third-order valence-corrected chi connectivity index (χ3v) is 3.30. The van der Waals surface area contributed by atoms with E-state index < -0.39 is 12.1 Å². The van der Waals surface area contributed by atoms with Gasteiger partial charge in [0.25, 0.3) is 0 Å². The first kappa shape index (κ1) is 17.0. The molecule has 20 heavy (non-hydrogen) atoms. The van der Waals surface area contributed by atoms with Crippen LogP contribution in [0.25, 0.3) is 0 Å². The highest BCUT2D eigenvalue weighted by atomic mass is 19.4. The molecule has 8 heteroatoms. The number of alkyl halides is 3. The normalized spacial score (nSPS) is 18.4. The molecule has 0 aliphatic carbocycles. The van der Waals surface area contributed by atoms with E-state index >= 15 is 0 Å². The molecule has 0 bridgehead atoms. The minimum absolute atomic E-state index is 0.0865. The van der Waals surface area contributed by atoms with Gasteiger partial charge in [-0.05, 0) is 26.2 Å². The average molecular weight is 296 g/mol. The fraction of sp³-hybridized carbons (Fsp3) is 0.917. The Hall–Kier alpha value is -1.02. The maximum absolute atomic E-state index is 12.6. The molecule has 0 unspecified atom stereocenters. The number of nitrogens with zero attached hydrogens (tertiary/aromatic N) is 2. The average Bonchev–Trinajstić information content (AvgIpc) is 2.42. The molecule has 0 aromatic rings. The lowest BCUT2D eigenvalue weighted by molar-refractivity contribution is -0.183. The number of halogens is 3. The zero-order valence-electron chi connectivity index (χ0n) is 11.7. The van der Waals surface area contributed by atoms with Crippen LogP contribution < -0.4 is 11.3 Å². The summed E-state index contributed by atoms with van der Waals surface area (Å²) < 4.78 is 42.9. The number of hydrogen-bond acceptors (Lipinski definition) is 3. The van der Waals surface area contributed by atoms with Gasteiger partial charge in [-0.1, -0.05) is 0 Å². The van der Waals surface area contributed by atoms with Crippen molar-refractivity contribution in [1.82, 2.24) is 10.3 Å². The summed E-state index contributed by atoms with van der Waals surface area (Å²) in [5, 5.41) is 0. The number of nitrogens with one attached hydrogen (secondary N) is 1. The molecule has 0 spiro atoms. The molecular weight excluding hydrogens is 273 g/mol. The van der Waals surface area contributed by atoms with Gasteiger partial charge in [0.05, 0.1) is 5.92 Å². The quantitative estimate of drug-likeness (QED) is 0.265. The second-order valence-corrected chi connectivity index (χ2v) is 4.70. The first-order valence-electron chi connectivity index (χ1n) is 6.89. The number of rotatable bonds is 5. The van der Waals surface area contributed by atoms with E-state index in [0.717, 1.165) is 6.42 Å². The number of aliphatic imine (C=N–C) groups is 1. The molecule has 1 aliphatic heterocycles. The highest BCUT2D eigenvalue weighted by Gasteiger charge is 2.41. The van der Waals surface area contributed by atoms with Crippen molar-refractivity contribution in [3.8, 4) is 0 Å². The van der Waals surface area contributed by atoms with Crippen LogP contribution in [0.3, 0.4) is 0 Å². The summed E-state index contributed by atoms with van der Waals surface area (Å²) in [6.07, 6.45) is -3.17. The van der Waals surface area contributed by atoms with Crippen LogP contribution in [0.5, 0.6) is 0 Å². The SMILES string of the molecule is CCOCCCN=C(NN)N1CCC(C(F)(F)F)CC1. The second kappa shape index (κ2) is 8.31. The Labute approximate surface area is 117 Å². The summed E-state index contributed by atoms with van der Waals surface area (Å²) >= 11 is 0. The summed E-state index contributed by atoms with van der Waals surface area (Å²) in [5.74, 6) is 4.64. The molecule has 0 aromatic heterocycles. The molecule has 1 heterocycles. The third-order valence-electron chi connectivity index (χ3n) is 3.30. The van der Waals surface area contributed by atoms with E-state index in [1.54, 1.807) is 4.90 Å². The lowest BCUT2D eigenvalue weighted by Crippen LogP contribution is -2.49. The van der Waals surface area contributed by atoms with E-state index in [1.807, 2.05) is 6.92 Å². The maximum atomic E-state index is 12.6. The van der Waals surface area contributed by atoms with E-state index in [2.05, 4.69) is 10.4 Å². The topological polar surface area (TPSA) is 62.9 Å². The third kappa shape index (κ3) is 5.54. The molecule has 118 valence electrons. The molecule has 5 nitrogen and oxygen atoms in total.